The number of benzene rings is 2. The van der Waals surface area contributed by atoms with Crippen molar-refractivity contribution in [2.45, 2.75) is 46.0 Å². The Morgan fingerprint density at radius 3 is 2.45 bits per heavy atom. The number of Topliss-reactive ketones (excluding diaryl/α,β-unsaturated/α-hetero) is 1. The van der Waals surface area contributed by atoms with Crippen LogP contribution in [-0.4, -0.2) is 25.5 Å². The molecule has 0 amide bonds. The van der Waals surface area contributed by atoms with Crippen LogP contribution in [0.3, 0.4) is 0 Å². The van der Waals surface area contributed by atoms with Crippen molar-refractivity contribution >= 4 is 16.8 Å². The molecule has 5 rings (SSSR count). The number of rotatable bonds is 3. The van der Waals surface area contributed by atoms with Gasteiger partial charge in [0.05, 0.1) is 46.2 Å². The Morgan fingerprint density at radius 1 is 1.09 bits per heavy atom. The second-order valence-corrected chi connectivity index (χ2v) is 9.66. The molecule has 2 heterocycles. The normalized spacial score (nSPS) is 17.2. The highest BCUT2D eigenvalue weighted by molar-refractivity contribution is 6.04. The Morgan fingerprint density at radius 2 is 1.79 bits per heavy atom. The molecule has 0 bridgehead atoms. The average Bonchev–Trinajstić information content (AvgIpc) is 3.19. The number of hydrogen-bond acceptors (Lipinski definition) is 5. The zero-order valence-electron chi connectivity index (χ0n) is 19.2. The molecule has 164 valence electrons. The fourth-order valence-corrected chi connectivity index (χ4v) is 4.63. The fraction of sp³-hybridized carbons (Fsp3) is 0.296. The third kappa shape index (κ3) is 3.41. The van der Waals surface area contributed by atoms with Gasteiger partial charge in [0.1, 0.15) is 11.4 Å². The minimum atomic E-state index is -0.499. The van der Waals surface area contributed by atoms with Crippen molar-refractivity contribution in [2.75, 3.05) is 0 Å². The number of nitriles is 1. The van der Waals surface area contributed by atoms with Crippen LogP contribution in [-0.2, 0) is 0 Å². The summed E-state index contributed by atoms with van der Waals surface area (Å²) in [6.07, 6.45) is 1.94. The lowest BCUT2D eigenvalue weighted by Gasteiger charge is -2.34. The predicted molar refractivity (Wildman–Crippen MR) is 127 cm³/mol. The summed E-state index contributed by atoms with van der Waals surface area (Å²) in [6, 6.07) is 18.2. The molecule has 6 heteroatoms. The van der Waals surface area contributed by atoms with E-state index in [9.17, 15) is 10.1 Å². The molecule has 0 radical (unpaired) electrons. The van der Waals surface area contributed by atoms with Crippen molar-refractivity contribution in [1.82, 2.24) is 19.7 Å². The van der Waals surface area contributed by atoms with Gasteiger partial charge in [-0.2, -0.15) is 10.4 Å². The molecule has 0 spiro atoms. The van der Waals surface area contributed by atoms with E-state index < -0.39 is 11.3 Å². The number of para-hydroxylation sites is 2. The largest absolute Gasteiger partial charge is 0.294 e. The van der Waals surface area contributed by atoms with Crippen molar-refractivity contribution in [1.29, 1.82) is 5.26 Å². The summed E-state index contributed by atoms with van der Waals surface area (Å²) >= 11 is 0. The summed E-state index contributed by atoms with van der Waals surface area (Å²) in [4.78, 5) is 22.7. The summed E-state index contributed by atoms with van der Waals surface area (Å²) in [6.45, 7) is 8.23. The van der Waals surface area contributed by atoms with Gasteiger partial charge in [0.25, 0.3) is 0 Å². The van der Waals surface area contributed by atoms with Crippen LogP contribution >= 0.6 is 0 Å². The van der Waals surface area contributed by atoms with Gasteiger partial charge in [-0.15, -0.1) is 0 Å². The molecule has 1 aliphatic rings. The van der Waals surface area contributed by atoms with Crippen LogP contribution < -0.4 is 0 Å². The van der Waals surface area contributed by atoms with E-state index in [2.05, 4.69) is 37.0 Å². The summed E-state index contributed by atoms with van der Waals surface area (Å²) in [7, 11) is 0. The number of carbonyl (C=O) groups is 1. The number of nitrogens with zero attached hydrogens (tertiary/aromatic N) is 5. The molecule has 4 aromatic rings. The van der Waals surface area contributed by atoms with Gasteiger partial charge in [0.2, 0.25) is 0 Å². The summed E-state index contributed by atoms with van der Waals surface area (Å²) in [5.74, 6) is -0.0949. The van der Waals surface area contributed by atoms with Gasteiger partial charge in [-0.05, 0) is 41.2 Å². The van der Waals surface area contributed by atoms with Crippen LogP contribution in [0, 0.1) is 16.7 Å². The molecule has 0 aliphatic heterocycles. The predicted octanol–water partition coefficient (Wildman–Crippen LogP) is 5.83. The molecule has 2 aromatic heterocycles. The molecular weight excluding hydrogens is 410 g/mol. The van der Waals surface area contributed by atoms with Crippen LogP contribution in [0.25, 0.3) is 28.1 Å². The number of ketones is 1. The van der Waals surface area contributed by atoms with E-state index in [0.717, 1.165) is 16.7 Å². The first kappa shape index (κ1) is 21.0. The van der Waals surface area contributed by atoms with Crippen molar-refractivity contribution in [2.24, 2.45) is 5.41 Å². The zero-order valence-corrected chi connectivity index (χ0v) is 19.2. The van der Waals surface area contributed by atoms with Crippen LogP contribution in [0.4, 0.5) is 0 Å². The number of hydrogen-bond donors (Lipinski definition) is 0. The smallest absolute Gasteiger partial charge is 0.167 e. The van der Waals surface area contributed by atoms with Gasteiger partial charge in [0.15, 0.2) is 5.78 Å². The van der Waals surface area contributed by atoms with Crippen LogP contribution in [0.1, 0.15) is 67.6 Å². The summed E-state index contributed by atoms with van der Waals surface area (Å²) in [5, 5.41) is 15.0. The highest BCUT2D eigenvalue weighted by atomic mass is 16.1. The lowest BCUT2D eigenvalue weighted by atomic mass is 9.68. The first-order valence-corrected chi connectivity index (χ1v) is 11.2. The standard InChI is InChI=1S/C27H25N5O/c1-16(2)17-9-11-18(12-10-17)32-26-19(14-28)27(3,4)13-23(33)24(26)25(31-32)22-15-29-20-7-5-6-8-21(20)30-22/h5-12,15-16,19H,13H2,1-4H3. The maximum absolute atomic E-state index is 13.4. The van der Waals surface area contributed by atoms with Crippen molar-refractivity contribution in [3.05, 3.63) is 71.5 Å². The molecule has 2 aromatic carbocycles. The molecule has 0 saturated heterocycles. The van der Waals surface area contributed by atoms with E-state index in [0.29, 0.717) is 28.6 Å². The minimum absolute atomic E-state index is 0.0171. The quantitative estimate of drug-likeness (QED) is 0.404. The van der Waals surface area contributed by atoms with E-state index in [4.69, 9.17) is 10.1 Å². The van der Waals surface area contributed by atoms with Gasteiger partial charge in [-0.25, -0.2) is 9.67 Å². The molecule has 1 atom stereocenters. The molecule has 0 saturated carbocycles. The Balaban J connectivity index is 1.78. The molecule has 33 heavy (non-hydrogen) atoms. The third-order valence-corrected chi connectivity index (χ3v) is 6.50. The Bertz CT molecular complexity index is 1420. The van der Waals surface area contributed by atoms with Gasteiger partial charge in [-0.1, -0.05) is 52.0 Å². The fourth-order valence-electron chi connectivity index (χ4n) is 4.63. The Kier molecular flexibility index (Phi) is 4.86. The molecule has 0 fully saturated rings. The van der Waals surface area contributed by atoms with Crippen LogP contribution in [0.2, 0.25) is 0 Å². The van der Waals surface area contributed by atoms with E-state index in [1.54, 1.807) is 10.9 Å². The first-order chi connectivity index (χ1) is 15.8. The van der Waals surface area contributed by atoms with Crippen LogP contribution in [0.5, 0.6) is 0 Å². The average molecular weight is 436 g/mol. The number of aromatic nitrogens is 4. The lowest BCUT2D eigenvalue weighted by Crippen LogP contribution is -2.32. The molecule has 1 aliphatic carbocycles. The Labute approximate surface area is 192 Å². The second-order valence-electron chi connectivity index (χ2n) is 9.66. The van der Waals surface area contributed by atoms with Gasteiger partial charge in [0, 0.05) is 6.42 Å². The van der Waals surface area contributed by atoms with Crippen LogP contribution in [0.15, 0.2) is 54.7 Å². The van der Waals surface area contributed by atoms with Gasteiger partial charge < -0.3 is 0 Å². The van der Waals surface area contributed by atoms with Gasteiger partial charge >= 0.3 is 0 Å². The van der Waals surface area contributed by atoms with E-state index >= 15 is 0 Å². The molecule has 1 unspecified atom stereocenters. The monoisotopic (exact) mass is 435 g/mol. The van der Waals surface area contributed by atoms with E-state index in [1.807, 2.05) is 50.2 Å². The van der Waals surface area contributed by atoms with E-state index in [-0.39, 0.29) is 12.2 Å². The number of fused-ring (bicyclic) bond motifs is 2. The molecule has 0 N–H and O–H groups in total. The highest BCUT2D eigenvalue weighted by Gasteiger charge is 2.45. The molecule has 6 nitrogen and oxygen atoms in total. The summed E-state index contributed by atoms with van der Waals surface area (Å²) in [5.41, 5.74) is 5.20. The molecular formula is C27H25N5O. The SMILES string of the molecule is CC(C)c1ccc(-n2nc(-c3cnc4ccccc4n3)c3c2C(C#N)C(C)(C)CC3=O)cc1. The second kappa shape index (κ2) is 7.63. The summed E-state index contributed by atoms with van der Waals surface area (Å²) < 4.78 is 1.76. The van der Waals surface area contributed by atoms with Crippen molar-refractivity contribution in [3.63, 3.8) is 0 Å². The maximum atomic E-state index is 13.4. The van der Waals surface area contributed by atoms with Crippen molar-refractivity contribution in [3.8, 4) is 23.1 Å². The lowest BCUT2D eigenvalue weighted by molar-refractivity contribution is 0.0900. The minimum Gasteiger partial charge on any atom is -0.294 e. The topological polar surface area (TPSA) is 84.5 Å². The van der Waals surface area contributed by atoms with E-state index in [1.165, 1.54) is 5.56 Å². The number of carbonyl (C=O) groups excluding carboxylic acids is 1. The zero-order chi connectivity index (χ0) is 23.3. The van der Waals surface area contributed by atoms with Gasteiger partial charge in [-0.3, -0.25) is 9.78 Å². The highest BCUT2D eigenvalue weighted by Crippen LogP contribution is 2.47. The maximum Gasteiger partial charge on any atom is 0.167 e. The van der Waals surface area contributed by atoms with Crippen molar-refractivity contribution < 1.29 is 4.79 Å². The Hall–Kier alpha value is -3.85. The third-order valence-electron chi connectivity index (χ3n) is 6.50. The first-order valence-electron chi connectivity index (χ1n) is 11.2.